The van der Waals surface area contributed by atoms with Crippen molar-refractivity contribution in [2.75, 3.05) is 19.7 Å². The highest BCUT2D eigenvalue weighted by atomic mass is 16.6. The quantitative estimate of drug-likeness (QED) is 0.361. The van der Waals surface area contributed by atoms with E-state index in [0.29, 0.717) is 19.5 Å². The number of amides is 2. The molecule has 3 unspecified atom stereocenters. The average molecular weight is 577 g/mol. The highest BCUT2D eigenvalue weighted by Crippen LogP contribution is 2.45. The maximum Gasteiger partial charge on any atom is 0.410 e. The molecular formula is C34H44N2O6. The Balaban J connectivity index is 1.35. The van der Waals surface area contributed by atoms with Crippen molar-refractivity contribution in [2.45, 2.75) is 95.7 Å². The van der Waals surface area contributed by atoms with Gasteiger partial charge in [0.1, 0.15) is 12.2 Å². The molecule has 1 heterocycles. The summed E-state index contributed by atoms with van der Waals surface area (Å²) in [7, 11) is 0. The lowest BCUT2D eigenvalue weighted by atomic mass is 9.86. The molecule has 2 aliphatic carbocycles. The van der Waals surface area contributed by atoms with Gasteiger partial charge in [0.15, 0.2) is 0 Å². The Hall–Kier alpha value is -3.55. The second-order valence-electron chi connectivity index (χ2n) is 12.9. The lowest BCUT2D eigenvalue weighted by molar-refractivity contribution is -0.137. The second kappa shape index (κ2) is 12.8. The van der Waals surface area contributed by atoms with E-state index < -0.39 is 17.7 Å². The van der Waals surface area contributed by atoms with Crippen LogP contribution in [0.25, 0.3) is 11.1 Å². The smallest absolute Gasteiger partial charge is 0.410 e. The van der Waals surface area contributed by atoms with Gasteiger partial charge in [-0.25, -0.2) is 9.59 Å². The standard InChI is InChI=1S/C34H44N2O6/c1-34(2,3)42-33(40)36-20-9-8-17-29(36)27-16-10-18-30(27)35(21-11-19-31(37)38)32(39)41-22-28-25-14-6-4-12-23(25)24-13-5-7-15-26(24)28/h4-7,12-15,27-30H,8-11,16-22H2,1-3H3,(H,37,38). The fourth-order valence-corrected chi connectivity index (χ4v) is 7.22. The topological polar surface area (TPSA) is 96.4 Å². The highest BCUT2D eigenvalue weighted by Gasteiger charge is 2.44. The SMILES string of the molecule is CC(C)(C)OC(=O)N1CCCCC1C1CCCC1N(CCCC(=O)O)C(=O)OCC1c2ccccc2-c2ccccc21. The van der Waals surface area contributed by atoms with E-state index in [0.717, 1.165) is 49.7 Å². The van der Waals surface area contributed by atoms with Gasteiger partial charge in [-0.05, 0) is 81.5 Å². The van der Waals surface area contributed by atoms with Gasteiger partial charge in [-0.1, -0.05) is 55.0 Å². The van der Waals surface area contributed by atoms with Crippen molar-refractivity contribution < 1.29 is 29.0 Å². The van der Waals surface area contributed by atoms with Crippen molar-refractivity contribution in [3.8, 4) is 11.1 Å². The molecule has 42 heavy (non-hydrogen) atoms. The molecule has 1 aliphatic heterocycles. The molecule has 1 N–H and O–H groups in total. The highest BCUT2D eigenvalue weighted by molar-refractivity contribution is 5.79. The Labute approximate surface area is 249 Å². The fourth-order valence-electron chi connectivity index (χ4n) is 7.22. The van der Waals surface area contributed by atoms with E-state index in [9.17, 15) is 19.5 Å². The number of aliphatic carboxylic acids is 1. The Kier molecular flexibility index (Phi) is 9.09. The van der Waals surface area contributed by atoms with E-state index in [1.807, 2.05) is 49.9 Å². The van der Waals surface area contributed by atoms with Crippen LogP contribution in [-0.2, 0) is 14.3 Å². The minimum absolute atomic E-state index is 0.0159. The maximum atomic E-state index is 13.9. The van der Waals surface area contributed by atoms with E-state index in [2.05, 4.69) is 24.3 Å². The molecule has 0 aromatic heterocycles. The number of carbonyl (C=O) groups is 3. The summed E-state index contributed by atoms with van der Waals surface area (Å²) < 4.78 is 11.9. The van der Waals surface area contributed by atoms with Gasteiger partial charge in [-0.3, -0.25) is 4.79 Å². The summed E-state index contributed by atoms with van der Waals surface area (Å²) in [5, 5.41) is 9.31. The molecule has 0 radical (unpaired) electrons. The predicted molar refractivity (Wildman–Crippen MR) is 160 cm³/mol. The monoisotopic (exact) mass is 576 g/mol. The van der Waals surface area contributed by atoms with Crippen LogP contribution < -0.4 is 0 Å². The van der Waals surface area contributed by atoms with Crippen LogP contribution in [0.3, 0.4) is 0 Å². The van der Waals surface area contributed by atoms with Gasteiger partial charge in [0.2, 0.25) is 0 Å². The summed E-state index contributed by atoms with van der Waals surface area (Å²) in [5.74, 6) is -0.848. The number of rotatable bonds is 8. The van der Waals surface area contributed by atoms with E-state index >= 15 is 0 Å². The molecule has 2 aromatic rings. The summed E-state index contributed by atoms with van der Waals surface area (Å²) in [5.41, 5.74) is 4.06. The van der Waals surface area contributed by atoms with Crippen LogP contribution in [0.15, 0.2) is 48.5 Å². The van der Waals surface area contributed by atoms with E-state index in [-0.39, 0.29) is 43.0 Å². The summed E-state index contributed by atoms with van der Waals surface area (Å²) in [6.07, 6.45) is 5.12. The zero-order chi connectivity index (χ0) is 29.9. The Morgan fingerprint density at radius 2 is 1.60 bits per heavy atom. The molecule has 3 atom stereocenters. The average Bonchev–Trinajstić information content (AvgIpc) is 3.56. The summed E-state index contributed by atoms with van der Waals surface area (Å²) in [6.45, 7) is 6.81. The molecule has 2 aromatic carbocycles. The van der Waals surface area contributed by atoms with Crippen molar-refractivity contribution in [3.63, 3.8) is 0 Å². The van der Waals surface area contributed by atoms with Gasteiger partial charge in [0.05, 0.1) is 0 Å². The maximum absolute atomic E-state index is 13.9. The number of hydrogen-bond donors (Lipinski definition) is 1. The first kappa shape index (κ1) is 29.9. The van der Waals surface area contributed by atoms with Gasteiger partial charge in [0, 0.05) is 43.4 Å². The number of piperidine rings is 1. The third-order valence-electron chi connectivity index (χ3n) is 8.96. The normalized spacial score (nSPS) is 21.9. The first-order valence-electron chi connectivity index (χ1n) is 15.5. The molecule has 1 saturated carbocycles. The van der Waals surface area contributed by atoms with Crippen LogP contribution in [0.5, 0.6) is 0 Å². The number of nitrogens with zero attached hydrogens (tertiary/aromatic N) is 2. The summed E-state index contributed by atoms with van der Waals surface area (Å²) in [6, 6.07) is 16.4. The van der Waals surface area contributed by atoms with Crippen LogP contribution >= 0.6 is 0 Å². The van der Waals surface area contributed by atoms with Crippen molar-refractivity contribution in [2.24, 2.45) is 5.92 Å². The molecule has 8 nitrogen and oxygen atoms in total. The van der Waals surface area contributed by atoms with Crippen LogP contribution in [-0.4, -0.2) is 70.4 Å². The number of likely N-dealkylation sites (tertiary alicyclic amines) is 1. The molecule has 2 fully saturated rings. The zero-order valence-electron chi connectivity index (χ0n) is 25.1. The molecule has 8 heteroatoms. The number of carboxylic acid groups (broad SMARTS) is 1. The predicted octanol–water partition coefficient (Wildman–Crippen LogP) is 7.06. The molecule has 0 spiro atoms. The molecule has 226 valence electrons. The van der Waals surface area contributed by atoms with Gasteiger partial charge in [-0.2, -0.15) is 0 Å². The van der Waals surface area contributed by atoms with E-state index in [4.69, 9.17) is 9.47 Å². The van der Waals surface area contributed by atoms with E-state index in [1.54, 1.807) is 4.90 Å². The lowest BCUT2D eigenvalue weighted by Crippen LogP contribution is -2.54. The molecule has 0 bridgehead atoms. The van der Waals surface area contributed by atoms with Crippen molar-refractivity contribution in [3.05, 3.63) is 59.7 Å². The second-order valence-corrected chi connectivity index (χ2v) is 12.9. The largest absolute Gasteiger partial charge is 0.481 e. The van der Waals surface area contributed by atoms with Gasteiger partial charge < -0.3 is 24.4 Å². The molecule has 5 rings (SSSR count). The van der Waals surface area contributed by atoms with Crippen molar-refractivity contribution in [1.29, 1.82) is 0 Å². The number of fused-ring (bicyclic) bond motifs is 3. The Morgan fingerprint density at radius 3 is 2.24 bits per heavy atom. The minimum Gasteiger partial charge on any atom is -0.481 e. The number of benzene rings is 2. The first-order chi connectivity index (χ1) is 20.1. The molecule has 3 aliphatic rings. The van der Waals surface area contributed by atoms with Gasteiger partial charge in [0.25, 0.3) is 0 Å². The third kappa shape index (κ3) is 6.58. The van der Waals surface area contributed by atoms with Crippen molar-refractivity contribution in [1.82, 2.24) is 9.80 Å². The van der Waals surface area contributed by atoms with Crippen molar-refractivity contribution >= 4 is 18.2 Å². The van der Waals surface area contributed by atoms with Crippen LogP contribution in [0, 0.1) is 5.92 Å². The number of carboxylic acids is 1. The zero-order valence-corrected chi connectivity index (χ0v) is 25.1. The molecule has 2 amide bonds. The number of hydrogen-bond acceptors (Lipinski definition) is 5. The number of ether oxygens (including phenoxy) is 2. The minimum atomic E-state index is -0.881. The van der Waals surface area contributed by atoms with Crippen LogP contribution in [0.4, 0.5) is 9.59 Å². The van der Waals surface area contributed by atoms with E-state index in [1.165, 1.54) is 11.1 Å². The Bertz CT molecular complexity index is 1240. The fraction of sp³-hybridized carbons (Fsp3) is 0.559. The molecular weight excluding hydrogens is 532 g/mol. The third-order valence-corrected chi connectivity index (χ3v) is 8.96. The van der Waals surface area contributed by atoms with Crippen LogP contribution in [0.1, 0.15) is 89.2 Å². The summed E-state index contributed by atoms with van der Waals surface area (Å²) >= 11 is 0. The lowest BCUT2D eigenvalue weighted by Gasteiger charge is -2.43. The van der Waals surface area contributed by atoms with Crippen LogP contribution in [0.2, 0.25) is 0 Å². The molecule has 1 saturated heterocycles. The Morgan fingerprint density at radius 1 is 0.929 bits per heavy atom. The van der Waals surface area contributed by atoms with Gasteiger partial charge >= 0.3 is 18.2 Å². The number of carbonyl (C=O) groups excluding carboxylic acids is 2. The first-order valence-corrected chi connectivity index (χ1v) is 15.5. The summed E-state index contributed by atoms with van der Waals surface area (Å²) in [4.78, 5) is 42.1. The van der Waals surface area contributed by atoms with Gasteiger partial charge in [-0.15, -0.1) is 0 Å².